The quantitative estimate of drug-likeness (QED) is 0.827. The predicted molar refractivity (Wildman–Crippen MR) is 78.9 cm³/mol. The Bertz CT molecular complexity index is 445. The number of carbonyl (C=O) groups is 1. The first-order valence-electron chi connectivity index (χ1n) is 6.89. The molecule has 0 fully saturated rings. The summed E-state index contributed by atoms with van der Waals surface area (Å²) in [5, 5.41) is 0. The second kappa shape index (κ2) is 7.75. The number of carbonyl (C=O) groups excluding carboxylic acids is 1. The number of methoxy groups -OCH3 is 1. The van der Waals surface area contributed by atoms with E-state index in [1.54, 1.807) is 25.0 Å². The maximum absolute atomic E-state index is 12.2. The average Bonchev–Trinajstić information content (AvgIpc) is 2.48. The molecule has 0 aromatic heterocycles. The highest BCUT2D eigenvalue weighted by atomic mass is 16.5. The normalized spacial score (nSPS) is 11.8. The van der Waals surface area contributed by atoms with E-state index in [9.17, 15) is 4.79 Å². The van der Waals surface area contributed by atoms with Crippen LogP contribution < -0.4 is 15.2 Å². The third kappa shape index (κ3) is 3.87. The summed E-state index contributed by atoms with van der Waals surface area (Å²) in [6.07, 6.45) is -0.549. The van der Waals surface area contributed by atoms with Crippen LogP contribution in [0.1, 0.15) is 26.3 Å². The van der Waals surface area contributed by atoms with E-state index in [2.05, 4.69) is 0 Å². The van der Waals surface area contributed by atoms with Crippen LogP contribution in [-0.4, -0.2) is 37.1 Å². The Balaban J connectivity index is 2.88. The molecule has 0 spiro atoms. The lowest BCUT2D eigenvalue weighted by Crippen LogP contribution is -2.40. The minimum Gasteiger partial charge on any atom is -0.497 e. The molecule has 112 valence electrons. The van der Waals surface area contributed by atoms with Gasteiger partial charge in [-0.15, -0.1) is 0 Å². The molecule has 0 aliphatic carbocycles. The van der Waals surface area contributed by atoms with Gasteiger partial charge < -0.3 is 20.1 Å². The molecule has 1 rings (SSSR count). The summed E-state index contributed by atoms with van der Waals surface area (Å²) >= 11 is 0. The number of hydrogen-bond donors (Lipinski definition) is 1. The Labute approximate surface area is 120 Å². The van der Waals surface area contributed by atoms with Crippen molar-refractivity contribution in [3.63, 3.8) is 0 Å². The second-order valence-corrected chi connectivity index (χ2v) is 4.45. The van der Waals surface area contributed by atoms with Crippen LogP contribution in [0.5, 0.6) is 11.5 Å². The molecule has 0 radical (unpaired) electrons. The van der Waals surface area contributed by atoms with Gasteiger partial charge in [-0.2, -0.15) is 0 Å². The molecule has 1 aromatic carbocycles. The van der Waals surface area contributed by atoms with Gasteiger partial charge >= 0.3 is 0 Å². The predicted octanol–water partition coefficient (Wildman–Crippen LogP) is 1.79. The van der Waals surface area contributed by atoms with Gasteiger partial charge in [-0.25, -0.2) is 0 Å². The zero-order chi connectivity index (χ0) is 15.1. The largest absolute Gasteiger partial charge is 0.497 e. The Hall–Kier alpha value is -1.75. The molecule has 0 saturated carbocycles. The molecule has 2 N–H and O–H groups in total. The van der Waals surface area contributed by atoms with Crippen LogP contribution in [-0.2, 0) is 11.3 Å². The third-order valence-corrected chi connectivity index (χ3v) is 3.22. The number of rotatable bonds is 7. The molecule has 0 bridgehead atoms. The van der Waals surface area contributed by atoms with Gasteiger partial charge in [0.1, 0.15) is 11.5 Å². The smallest absolute Gasteiger partial charge is 0.263 e. The standard InChI is InChI=1S/C15H24N2O3/c1-5-17(6-2)15(18)11(3)20-14-9-13(19-4)8-7-12(14)10-16/h7-9,11H,5-6,10,16H2,1-4H3. The summed E-state index contributed by atoms with van der Waals surface area (Å²) in [5.74, 6) is 1.25. The van der Waals surface area contributed by atoms with Gasteiger partial charge in [-0.3, -0.25) is 4.79 Å². The molecule has 1 unspecified atom stereocenters. The molecule has 1 amide bonds. The number of amides is 1. The highest BCUT2D eigenvalue weighted by Gasteiger charge is 2.20. The number of ether oxygens (including phenoxy) is 2. The van der Waals surface area contributed by atoms with E-state index in [1.165, 1.54) is 0 Å². The molecule has 0 saturated heterocycles. The van der Waals surface area contributed by atoms with Crippen molar-refractivity contribution in [3.05, 3.63) is 23.8 Å². The summed E-state index contributed by atoms with van der Waals surface area (Å²) in [7, 11) is 1.59. The van der Waals surface area contributed by atoms with Crippen molar-refractivity contribution in [2.24, 2.45) is 5.73 Å². The molecule has 0 aliphatic heterocycles. The Morgan fingerprint density at radius 3 is 2.50 bits per heavy atom. The average molecular weight is 280 g/mol. The van der Waals surface area contributed by atoms with Crippen LogP contribution in [0.3, 0.4) is 0 Å². The summed E-state index contributed by atoms with van der Waals surface area (Å²) in [6, 6.07) is 5.43. The lowest BCUT2D eigenvalue weighted by Gasteiger charge is -2.24. The van der Waals surface area contributed by atoms with E-state index in [4.69, 9.17) is 15.2 Å². The number of nitrogens with two attached hydrogens (primary N) is 1. The first-order valence-corrected chi connectivity index (χ1v) is 6.89. The maximum Gasteiger partial charge on any atom is 0.263 e. The van der Waals surface area contributed by atoms with Gasteiger partial charge in [0.2, 0.25) is 0 Å². The summed E-state index contributed by atoms with van der Waals surface area (Å²) in [6.45, 7) is 7.34. The first kappa shape index (κ1) is 16.3. The molecule has 5 heteroatoms. The fourth-order valence-electron chi connectivity index (χ4n) is 1.97. The van der Waals surface area contributed by atoms with Gasteiger partial charge in [0.25, 0.3) is 5.91 Å². The van der Waals surface area contributed by atoms with Crippen LogP contribution in [0.2, 0.25) is 0 Å². The minimum atomic E-state index is -0.549. The SMILES string of the molecule is CCN(CC)C(=O)C(C)Oc1cc(OC)ccc1CN. The van der Waals surface area contributed by atoms with Gasteiger partial charge in [-0.05, 0) is 26.8 Å². The van der Waals surface area contributed by atoms with E-state index < -0.39 is 6.10 Å². The fourth-order valence-corrected chi connectivity index (χ4v) is 1.97. The van der Waals surface area contributed by atoms with Crippen LogP contribution in [0.25, 0.3) is 0 Å². The summed E-state index contributed by atoms with van der Waals surface area (Å²) < 4.78 is 10.9. The summed E-state index contributed by atoms with van der Waals surface area (Å²) in [5.41, 5.74) is 6.54. The lowest BCUT2D eigenvalue weighted by molar-refractivity contribution is -0.137. The molecular formula is C15H24N2O3. The molecule has 5 nitrogen and oxygen atoms in total. The molecule has 1 atom stereocenters. The first-order chi connectivity index (χ1) is 9.57. The molecule has 0 heterocycles. The van der Waals surface area contributed by atoms with Crippen LogP contribution >= 0.6 is 0 Å². The van der Waals surface area contributed by atoms with E-state index in [-0.39, 0.29) is 5.91 Å². The zero-order valence-corrected chi connectivity index (χ0v) is 12.7. The Kier molecular flexibility index (Phi) is 6.31. The Morgan fingerprint density at radius 1 is 1.35 bits per heavy atom. The van der Waals surface area contributed by atoms with Gasteiger partial charge in [0.05, 0.1) is 7.11 Å². The minimum absolute atomic E-state index is 0.0270. The van der Waals surface area contributed by atoms with Crippen molar-refractivity contribution < 1.29 is 14.3 Å². The van der Waals surface area contributed by atoms with Crippen LogP contribution in [0.15, 0.2) is 18.2 Å². The van der Waals surface area contributed by atoms with Crippen molar-refractivity contribution in [1.29, 1.82) is 0 Å². The van der Waals surface area contributed by atoms with Crippen molar-refractivity contribution in [2.45, 2.75) is 33.4 Å². The van der Waals surface area contributed by atoms with Crippen LogP contribution in [0.4, 0.5) is 0 Å². The highest BCUT2D eigenvalue weighted by molar-refractivity contribution is 5.80. The summed E-state index contributed by atoms with van der Waals surface area (Å²) in [4.78, 5) is 13.9. The van der Waals surface area contributed by atoms with Crippen molar-refractivity contribution in [2.75, 3.05) is 20.2 Å². The molecule has 20 heavy (non-hydrogen) atoms. The van der Waals surface area contributed by atoms with E-state index in [0.717, 1.165) is 5.56 Å². The molecule has 1 aromatic rings. The Morgan fingerprint density at radius 2 is 2.00 bits per heavy atom. The van der Waals surface area contributed by atoms with E-state index >= 15 is 0 Å². The highest BCUT2D eigenvalue weighted by Crippen LogP contribution is 2.25. The third-order valence-electron chi connectivity index (χ3n) is 3.22. The lowest BCUT2D eigenvalue weighted by atomic mass is 10.2. The van der Waals surface area contributed by atoms with Gasteiger partial charge in [0.15, 0.2) is 6.10 Å². The van der Waals surface area contributed by atoms with Crippen molar-refractivity contribution >= 4 is 5.91 Å². The number of hydrogen-bond acceptors (Lipinski definition) is 4. The van der Waals surface area contributed by atoms with Gasteiger partial charge in [0, 0.05) is 31.3 Å². The fraction of sp³-hybridized carbons (Fsp3) is 0.533. The number of likely N-dealkylation sites (N-methyl/N-ethyl adjacent to an activating group) is 1. The number of benzene rings is 1. The zero-order valence-electron chi connectivity index (χ0n) is 12.7. The van der Waals surface area contributed by atoms with Gasteiger partial charge in [-0.1, -0.05) is 6.07 Å². The number of nitrogens with zero attached hydrogens (tertiary/aromatic N) is 1. The maximum atomic E-state index is 12.2. The second-order valence-electron chi connectivity index (χ2n) is 4.45. The van der Waals surface area contributed by atoms with E-state index in [1.807, 2.05) is 26.0 Å². The topological polar surface area (TPSA) is 64.8 Å². The van der Waals surface area contributed by atoms with Crippen molar-refractivity contribution in [1.82, 2.24) is 4.90 Å². The monoisotopic (exact) mass is 280 g/mol. The van der Waals surface area contributed by atoms with Crippen LogP contribution in [0, 0.1) is 0 Å². The molecular weight excluding hydrogens is 256 g/mol. The molecule has 0 aliphatic rings. The van der Waals surface area contributed by atoms with E-state index in [0.29, 0.717) is 31.1 Å². The van der Waals surface area contributed by atoms with Crippen molar-refractivity contribution in [3.8, 4) is 11.5 Å².